The van der Waals surface area contributed by atoms with E-state index in [0.29, 0.717) is 19.3 Å². The molecule has 0 aliphatic carbocycles. The molecule has 1 unspecified atom stereocenters. The second-order valence-electron chi connectivity index (χ2n) is 17.2. The molecule has 0 fully saturated rings. The van der Waals surface area contributed by atoms with Gasteiger partial charge < -0.3 is 14.2 Å². The van der Waals surface area contributed by atoms with Gasteiger partial charge in [-0.05, 0) is 103 Å². The van der Waals surface area contributed by atoms with Crippen LogP contribution in [0.4, 0.5) is 0 Å². The number of hydrogen-bond acceptors (Lipinski definition) is 6. The fraction of sp³-hybridized carbons (Fsp3) is 0.565. The molecule has 68 heavy (non-hydrogen) atoms. The number of esters is 3. The van der Waals surface area contributed by atoms with Gasteiger partial charge in [0.1, 0.15) is 13.2 Å². The van der Waals surface area contributed by atoms with Crippen LogP contribution in [-0.4, -0.2) is 37.2 Å². The standard InChI is InChI=1S/C62H96O6/c1-4-7-10-13-16-19-22-25-28-30-32-34-37-40-43-46-49-52-55-61(64)67-58-59(57-66-60(63)54-51-48-45-42-39-36-33-27-24-21-18-15-12-9-6-3)68-62(65)56-53-50-47-44-41-38-35-31-29-26-23-20-17-14-11-8-5-2/h8-9,11-12,15-22,24-26,28-30,32,34-35,38,44,47,59H,4-7,10,13-14,23,27,31,33,36-37,39-43,45-46,48-58H2,1-3H3/b11-8-,12-9-,18-15-,19-16-,20-17-,24-21-,25-22-,29-26-,30-28-,34-32-,38-35-,47-44-. The Morgan fingerprint density at radius 3 is 1.10 bits per heavy atom. The molecule has 0 aromatic rings. The van der Waals surface area contributed by atoms with E-state index in [1.54, 1.807) is 0 Å². The van der Waals surface area contributed by atoms with Crippen LogP contribution in [0, 0.1) is 0 Å². The van der Waals surface area contributed by atoms with E-state index < -0.39 is 6.10 Å². The lowest BCUT2D eigenvalue weighted by Gasteiger charge is -2.18. The van der Waals surface area contributed by atoms with Crippen molar-refractivity contribution in [2.24, 2.45) is 0 Å². The lowest BCUT2D eigenvalue weighted by atomic mass is 10.1. The molecule has 0 aliphatic rings. The molecule has 0 radical (unpaired) electrons. The molecule has 0 spiro atoms. The second kappa shape index (κ2) is 54.9. The number of ether oxygens (including phenoxy) is 3. The minimum absolute atomic E-state index is 0.121. The van der Waals surface area contributed by atoms with E-state index in [4.69, 9.17) is 14.2 Å². The summed E-state index contributed by atoms with van der Waals surface area (Å²) in [6.07, 6.45) is 78.3. The van der Waals surface area contributed by atoms with Crippen molar-refractivity contribution in [1.82, 2.24) is 0 Å². The van der Waals surface area contributed by atoms with Crippen molar-refractivity contribution in [3.63, 3.8) is 0 Å². The Labute approximate surface area is 417 Å². The van der Waals surface area contributed by atoms with E-state index in [1.807, 2.05) is 0 Å². The highest BCUT2D eigenvalue weighted by atomic mass is 16.6. The van der Waals surface area contributed by atoms with Gasteiger partial charge in [-0.1, -0.05) is 231 Å². The predicted molar refractivity (Wildman–Crippen MR) is 292 cm³/mol. The van der Waals surface area contributed by atoms with Crippen LogP contribution in [0.1, 0.15) is 207 Å². The average molecular weight is 937 g/mol. The summed E-state index contributed by atoms with van der Waals surface area (Å²) in [7, 11) is 0. The molecule has 1 atom stereocenters. The lowest BCUT2D eigenvalue weighted by Crippen LogP contribution is -2.30. The second-order valence-corrected chi connectivity index (χ2v) is 17.2. The highest BCUT2D eigenvalue weighted by Gasteiger charge is 2.19. The molecule has 0 rings (SSSR count). The zero-order valence-corrected chi connectivity index (χ0v) is 43.3. The molecule has 0 bridgehead atoms. The van der Waals surface area contributed by atoms with Gasteiger partial charge in [0.2, 0.25) is 0 Å². The van der Waals surface area contributed by atoms with Crippen LogP contribution in [0.25, 0.3) is 0 Å². The number of carbonyl (C=O) groups is 3. The van der Waals surface area contributed by atoms with Gasteiger partial charge in [0.05, 0.1) is 0 Å². The minimum atomic E-state index is -0.830. The largest absolute Gasteiger partial charge is 0.462 e. The van der Waals surface area contributed by atoms with E-state index in [1.165, 1.54) is 38.5 Å². The van der Waals surface area contributed by atoms with E-state index in [0.717, 1.165) is 122 Å². The summed E-state index contributed by atoms with van der Waals surface area (Å²) in [5, 5.41) is 0. The molecule has 0 aliphatic heterocycles. The average Bonchev–Trinajstić information content (AvgIpc) is 3.34. The van der Waals surface area contributed by atoms with Gasteiger partial charge in [0.15, 0.2) is 6.10 Å². The van der Waals surface area contributed by atoms with Gasteiger partial charge in [-0.2, -0.15) is 0 Å². The van der Waals surface area contributed by atoms with Crippen molar-refractivity contribution in [2.75, 3.05) is 13.2 Å². The number of unbranched alkanes of at least 4 members (excludes halogenated alkanes) is 16. The summed E-state index contributed by atoms with van der Waals surface area (Å²) in [5.74, 6) is -1.02. The fourth-order valence-electron chi connectivity index (χ4n) is 6.72. The Kier molecular flexibility index (Phi) is 51.1. The maximum atomic E-state index is 12.8. The van der Waals surface area contributed by atoms with Crippen LogP contribution in [0.5, 0.6) is 0 Å². The summed E-state index contributed by atoms with van der Waals surface area (Å²) in [5.41, 5.74) is 0. The van der Waals surface area contributed by atoms with Crippen LogP contribution < -0.4 is 0 Å². The topological polar surface area (TPSA) is 78.9 Å². The van der Waals surface area contributed by atoms with Crippen molar-refractivity contribution in [3.8, 4) is 0 Å². The first-order valence-corrected chi connectivity index (χ1v) is 26.9. The number of rotatable bonds is 46. The molecule has 0 aromatic heterocycles. The van der Waals surface area contributed by atoms with Crippen LogP contribution in [0.2, 0.25) is 0 Å². The number of carbonyl (C=O) groups excluding carboxylic acids is 3. The molecule has 380 valence electrons. The normalized spacial score (nSPS) is 13.3. The third-order valence-electron chi connectivity index (χ3n) is 10.7. The highest BCUT2D eigenvalue weighted by molar-refractivity contribution is 5.71. The fourth-order valence-corrected chi connectivity index (χ4v) is 6.72. The minimum Gasteiger partial charge on any atom is -0.462 e. The van der Waals surface area contributed by atoms with Crippen molar-refractivity contribution in [3.05, 3.63) is 146 Å². The Morgan fingerprint density at radius 1 is 0.324 bits per heavy atom. The maximum absolute atomic E-state index is 12.8. The summed E-state index contributed by atoms with van der Waals surface area (Å²) < 4.78 is 16.7. The van der Waals surface area contributed by atoms with E-state index >= 15 is 0 Å². The molecule has 0 amide bonds. The van der Waals surface area contributed by atoms with Crippen LogP contribution in [0.15, 0.2) is 146 Å². The van der Waals surface area contributed by atoms with Crippen molar-refractivity contribution in [2.45, 2.75) is 213 Å². The smallest absolute Gasteiger partial charge is 0.306 e. The highest BCUT2D eigenvalue weighted by Crippen LogP contribution is 2.13. The van der Waals surface area contributed by atoms with E-state index in [2.05, 4.69) is 167 Å². The Balaban J connectivity index is 4.58. The first-order valence-electron chi connectivity index (χ1n) is 26.9. The number of hydrogen-bond donors (Lipinski definition) is 0. The Bertz CT molecular complexity index is 1540. The molecule has 6 heteroatoms. The molecule has 0 N–H and O–H groups in total. The van der Waals surface area contributed by atoms with Crippen LogP contribution in [0.3, 0.4) is 0 Å². The van der Waals surface area contributed by atoms with Crippen LogP contribution >= 0.6 is 0 Å². The SMILES string of the molecule is CC\C=C/C=C\C=C/CCCCCCCCCC(=O)OCC(COC(=O)CCCCCCC\C=C/C=C\C=C/C=C\CCCCC)OC(=O)CCC/C=C\C/C=C\C/C=C\C/C=C\C/C=C\CC. The summed E-state index contributed by atoms with van der Waals surface area (Å²) in [4.78, 5) is 38.1. The van der Waals surface area contributed by atoms with Gasteiger partial charge in [-0.3, -0.25) is 14.4 Å². The molecular weight excluding hydrogens is 841 g/mol. The summed E-state index contributed by atoms with van der Waals surface area (Å²) in [6.45, 7) is 6.26. The van der Waals surface area contributed by atoms with Gasteiger partial charge >= 0.3 is 17.9 Å². The zero-order chi connectivity index (χ0) is 49.3. The third-order valence-corrected chi connectivity index (χ3v) is 10.7. The predicted octanol–water partition coefficient (Wildman–Crippen LogP) is 18.0. The first kappa shape index (κ1) is 63.3. The van der Waals surface area contributed by atoms with Crippen molar-refractivity contribution >= 4 is 17.9 Å². The molecular formula is C62H96O6. The zero-order valence-electron chi connectivity index (χ0n) is 43.3. The quantitative estimate of drug-likeness (QED) is 0.0199. The maximum Gasteiger partial charge on any atom is 0.306 e. The molecule has 6 nitrogen and oxygen atoms in total. The monoisotopic (exact) mass is 937 g/mol. The van der Waals surface area contributed by atoms with Crippen molar-refractivity contribution in [1.29, 1.82) is 0 Å². The third kappa shape index (κ3) is 52.3. The van der Waals surface area contributed by atoms with Gasteiger partial charge in [0.25, 0.3) is 0 Å². The van der Waals surface area contributed by atoms with Gasteiger partial charge in [-0.15, -0.1) is 0 Å². The Hall–Kier alpha value is -4.71. The van der Waals surface area contributed by atoms with Crippen molar-refractivity contribution < 1.29 is 28.6 Å². The Morgan fingerprint density at radius 2 is 0.662 bits per heavy atom. The molecule has 0 saturated carbocycles. The van der Waals surface area contributed by atoms with E-state index in [-0.39, 0.29) is 37.5 Å². The van der Waals surface area contributed by atoms with Gasteiger partial charge in [0, 0.05) is 19.3 Å². The number of allylic oxidation sites excluding steroid dienone is 24. The van der Waals surface area contributed by atoms with Crippen LogP contribution in [-0.2, 0) is 28.6 Å². The molecule has 0 heterocycles. The lowest BCUT2D eigenvalue weighted by molar-refractivity contribution is -0.167. The molecule has 0 saturated heterocycles. The van der Waals surface area contributed by atoms with E-state index in [9.17, 15) is 14.4 Å². The van der Waals surface area contributed by atoms with Gasteiger partial charge in [-0.25, -0.2) is 0 Å². The molecule has 0 aromatic carbocycles. The first-order chi connectivity index (χ1) is 33.5. The summed E-state index contributed by atoms with van der Waals surface area (Å²) in [6, 6.07) is 0. The summed E-state index contributed by atoms with van der Waals surface area (Å²) >= 11 is 0.